The van der Waals surface area contributed by atoms with Crippen molar-refractivity contribution in [2.75, 3.05) is 11.9 Å². The number of aromatic nitrogens is 1. The number of para-hydroxylation sites is 1. The van der Waals surface area contributed by atoms with E-state index < -0.39 is 0 Å². The lowest BCUT2D eigenvalue weighted by Gasteiger charge is -2.19. The highest BCUT2D eigenvalue weighted by Crippen LogP contribution is 2.22. The van der Waals surface area contributed by atoms with E-state index in [-0.39, 0.29) is 5.78 Å². The standard InChI is InChI=1S/C14H14N2O/c1-11(17)14-10-13(8-9-15-14)16(2)12-6-4-3-5-7-12/h3-10H,1-2H3. The molecule has 0 spiro atoms. The van der Waals surface area contributed by atoms with Crippen molar-refractivity contribution in [1.82, 2.24) is 4.98 Å². The number of nitrogens with zero attached hydrogens (tertiary/aromatic N) is 2. The van der Waals surface area contributed by atoms with Crippen molar-refractivity contribution in [2.45, 2.75) is 6.92 Å². The van der Waals surface area contributed by atoms with Crippen LogP contribution in [0.4, 0.5) is 11.4 Å². The molecular weight excluding hydrogens is 212 g/mol. The van der Waals surface area contributed by atoms with Gasteiger partial charge in [-0.05, 0) is 24.3 Å². The zero-order chi connectivity index (χ0) is 12.3. The van der Waals surface area contributed by atoms with Crippen molar-refractivity contribution in [1.29, 1.82) is 0 Å². The third-order valence-electron chi connectivity index (χ3n) is 2.64. The highest BCUT2D eigenvalue weighted by Gasteiger charge is 2.06. The number of carbonyl (C=O) groups excluding carboxylic acids is 1. The first-order valence-electron chi connectivity index (χ1n) is 5.44. The molecule has 0 aliphatic rings. The molecule has 0 bridgehead atoms. The van der Waals surface area contributed by atoms with E-state index in [1.54, 1.807) is 12.3 Å². The fourth-order valence-electron chi connectivity index (χ4n) is 1.62. The van der Waals surface area contributed by atoms with Crippen LogP contribution in [0.15, 0.2) is 48.7 Å². The first-order chi connectivity index (χ1) is 8.18. The van der Waals surface area contributed by atoms with Gasteiger partial charge in [-0.3, -0.25) is 9.78 Å². The van der Waals surface area contributed by atoms with Crippen LogP contribution in [-0.4, -0.2) is 17.8 Å². The predicted molar refractivity (Wildman–Crippen MR) is 68.7 cm³/mol. The topological polar surface area (TPSA) is 33.2 Å². The lowest BCUT2D eigenvalue weighted by atomic mass is 10.2. The van der Waals surface area contributed by atoms with Gasteiger partial charge in [0.05, 0.1) is 0 Å². The molecule has 3 heteroatoms. The maximum Gasteiger partial charge on any atom is 0.178 e. The van der Waals surface area contributed by atoms with Gasteiger partial charge in [-0.2, -0.15) is 0 Å². The number of Topliss-reactive ketones (excluding diaryl/α,β-unsaturated/α-hetero) is 1. The molecule has 1 heterocycles. The molecule has 17 heavy (non-hydrogen) atoms. The smallest absolute Gasteiger partial charge is 0.178 e. The van der Waals surface area contributed by atoms with Crippen LogP contribution in [0.2, 0.25) is 0 Å². The Balaban J connectivity index is 2.34. The number of pyridine rings is 1. The number of hydrogen-bond acceptors (Lipinski definition) is 3. The quantitative estimate of drug-likeness (QED) is 0.754. The Kier molecular flexibility index (Phi) is 3.19. The molecule has 1 aromatic carbocycles. The number of benzene rings is 1. The minimum absolute atomic E-state index is 0.0201. The second-order valence-electron chi connectivity index (χ2n) is 3.85. The second-order valence-corrected chi connectivity index (χ2v) is 3.85. The summed E-state index contributed by atoms with van der Waals surface area (Å²) in [6.07, 6.45) is 1.66. The number of rotatable bonds is 3. The van der Waals surface area contributed by atoms with Crippen molar-refractivity contribution < 1.29 is 4.79 Å². The van der Waals surface area contributed by atoms with E-state index in [0.29, 0.717) is 5.69 Å². The Morgan fingerprint density at radius 2 is 1.82 bits per heavy atom. The van der Waals surface area contributed by atoms with Gasteiger partial charge in [0, 0.05) is 31.5 Å². The molecule has 0 saturated heterocycles. The highest BCUT2D eigenvalue weighted by atomic mass is 16.1. The van der Waals surface area contributed by atoms with E-state index in [2.05, 4.69) is 4.98 Å². The van der Waals surface area contributed by atoms with Gasteiger partial charge in [0.2, 0.25) is 0 Å². The van der Waals surface area contributed by atoms with Gasteiger partial charge < -0.3 is 4.90 Å². The van der Waals surface area contributed by atoms with Gasteiger partial charge in [0.25, 0.3) is 0 Å². The average molecular weight is 226 g/mol. The maximum absolute atomic E-state index is 11.3. The minimum atomic E-state index is -0.0201. The molecule has 1 aromatic heterocycles. The summed E-state index contributed by atoms with van der Waals surface area (Å²) >= 11 is 0. The third kappa shape index (κ3) is 2.50. The van der Waals surface area contributed by atoms with Crippen LogP contribution < -0.4 is 4.90 Å². The lowest BCUT2D eigenvalue weighted by Crippen LogP contribution is -2.10. The first-order valence-corrected chi connectivity index (χ1v) is 5.44. The molecule has 2 aromatic rings. The summed E-state index contributed by atoms with van der Waals surface area (Å²) in [5.74, 6) is -0.0201. The molecule has 0 saturated carbocycles. The summed E-state index contributed by atoms with van der Waals surface area (Å²) in [6, 6.07) is 13.7. The van der Waals surface area contributed by atoms with Gasteiger partial charge in [-0.25, -0.2) is 0 Å². The lowest BCUT2D eigenvalue weighted by molar-refractivity contribution is 0.101. The molecule has 2 rings (SSSR count). The summed E-state index contributed by atoms with van der Waals surface area (Å²) in [5.41, 5.74) is 2.52. The van der Waals surface area contributed by atoms with E-state index >= 15 is 0 Å². The summed E-state index contributed by atoms with van der Waals surface area (Å²) in [4.78, 5) is 17.3. The Hall–Kier alpha value is -2.16. The summed E-state index contributed by atoms with van der Waals surface area (Å²) in [7, 11) is 1.97. The molecule has 0 amide bonds. The van der Waals surface area contributed by atoms with E-state index in [0.717, 1.165) is 11.4 Å². The molecule has 0 aliphatic carbocycles. The van der Waals surface area contributed by atoms with Crippen molar-refractivity contribution >= 4 is 17.2 Å². The van der Waals surface area contributed by atoms with Crippen molar-refractivity contribution in [3.63, 3.8) is 0 Å². The van der Waals surface area contributed by atoms with Gasteiger partial charge >= 0.3 is 0 Å². The summed E-state index contributed by atoms with van der Waals surface area (Å²) in [5, 5.41) is 0. The Morgan fingerprint density at radius 3 is 2.47 bits per heavy atom. The van der Waals surface area contributed by atoms with Gasteiger partial charge in [-0.15, -0.1) is 0 Å². The molecule has 0 unspecified atom stereocenters. The molecule has 86 valence electrons. The predicted octanol–water partition coefficient (Wildman–Crippen LogP) is 3.05. The largest absolute Gasteiger partial charge is 0.345 e. The van der Waals surface area contributed by atoms with E-state index in [9.17, 15) is 4.79 Å². The Bertz CT molecular complexity index is 523. The van der Waals surface area contributed by atoms with E-state index in [1.807, 2.05) is 48.3 Å². The van der Waals surface area contributed by atoms with Crippen molar-refractivity contribution in [3.8, 4) is 0 Å². The first kappa shape index (κ1) is 11.3. The molecule has 0 N–H and O–H groups in total. The average Bonchev–Trinajstić information content (AvgIpc) is 2.39. The van der Waals surface area contributed by atoms with Crippen LogP contribution in [0, 0.1) is 0 Å². The zero-order valence-electron chi connectivity index (χ0n) is 9.92. The molecule has 0 fully saturated rings. The SMILES string of the molecule is CC(=O)c1cc(N(C)c2ccccc2)ccn1. The van der Waals surface area contributed by atoms with Crippen LogP contribution in [0.25, 0.3) is 0 Å². The van der Waals surface area contributed by atoms with Crippen LogP contribution in [0.5, 0.6) is 0 Å². The normalized spacial score (nSPS) is 10.0. The highest BCUT2D eigenvalue weighted by molar-refractivity contribution is 5.93. The van der Waals surface area contributed by atoms with Gasteiger partial charge in [0.1, 0.15) is 5.69 Å². The maximum atomic E-state index is 11.3. The second kappa shape index (κ2) is 4.78. The van der Waals surface area contributed by atoms with Crippen LogP contribution in [-0.2, 0) is 0 Å². The van der Waals surface area contributed by atoms with E-state index in [4.69, 9.17) is 0 Å². The van der Waals surface area contributed by atoms with Crippen molar-refractivity contribution in [2.24, 2.45) is 0 Å². The fourth-order valence-corrected chi connectivity index (χ4v) is 1.62. The summed E-state index contributed by atoms with van der Waals surface area (Å²) < 4.78 is 0. The number of anilines is 2. The number of ketones is 1. The van der Waals surface area contributed by atoms with Gasteiger partial charge in [0.15, 0.2) is 5.78 Å². The van der Waals surface area contributed by atoms with Crippen LogP contribution in [0.1, 0.15) is 17.4 Å². The molecule has 3 nitrogen and oxygen atoms in total. The fraction of sp³-hybridized carbons (Fsp3) is 0.143. The Labute approximate surface area is 101 Å². The zero-order valence-corrected chi connectivity index (χ0v) is 9.92. The monoisotopic (exact) mass is 226 g/mol. The van der Waals surface area contributed by atoms with Crippen LogP contribution >= 0.6 is 0 Å². The van der Waals surface area contributed by atoms with Crippen molar-refractivity contribution in [3.05, 3.63) is 54.4 Å². The number of hydrogen-bond donors (Lipinski definition) is 0. The third-order valence-corrected chi connectivity index (χ3v) is 2.64. The number of carbonyl (C=O) groups is 1. The molecule has 0 radical (unpaired) electrons. The Morgan fingerprint density at radius 1 is 1.12 bits per heavy atom. The molecular formula is C14H14N2O. The van der Waals surface area contributed by atoms with Crippen LogP contribution in [0.3, 0.4) is 0 Å². The summed E-state index contributed by atoms with van der Waals surface area (Å²) in [6.45, 7) is 1.52. The van der Waals surface area contributed by atoms with E-state index in [1.165, 1.54) is 6.92 Å². The minimum Gasteiger partial charge on any atom is -0.345 e. The molecule has 0 aliphatic heterocycles. The molecule has 0 atom stereocenters. The van der Waals surface area contributed by atoms with Gasteiger partial charge in [-0.1, -0.05) is 18.2 Å².